The summed E-state index contributed by atoms with van der Waals surface area (Å²) in [5.41, 5.74) is 5.29. The number of benzene rings is 1. The van der Waals surface area contributed by atoms with Gasteiger partial charge in [-0.2, -0.15) is 5.10 Å². The second kappa shape index (κ2) is 8.23. The van der Waals surface area contributed by atoms with E-state index >= 15 is 0 Å². The van der Waals surface area contributed by atoms with Crippen LogP contribution < -0.4 is 5.32 Å². The van der Waals surface area contributed by atoms with Crippen LogP contribution in [0.4, 0.5) is 0 Å². The molecule has 1 atom stereocenters. The van der Waals surface area contributed by atoms with E-state index in [0.717, 1.165) is 56.8 Å². The third-order valence-corrected chi connectivity index (χ3v) is 5.64. The number of aromatic nitrogens is 2. The molecule has 4 rings (SSSR count). The third-order valence-electron chi connectivity index (χ3n) is 5.64. The van der Waals surface area contributed by atoms with E-state index in [1.54, 1.807) is 0 Å². The Labute approximate surface area is 160 Å². The second-order valence-corrected chi connectivity index (χ2v) is 7.52. The van der Waals surface area contributed by atoms with Crippen LogP contribution in [0.3, 0.4) is 0 Å². The van der Waals surface area contributed by atoms with Gasteiger partial charge in [0.15, 0.2) is 5.69 Å². The van der Waals surface area contributed by atoms with E-state index in [0.29, 0.717) is 12.2 Å². The molecule has 2 heterocycles. The fourth-order valence-corrected chi connectivity index (χ4v) is 4.17. The van der Waals surface area contributed by atoms with Gasteiger partial charge in [-0.05, 0) is 38.2 Å². The molecule has 1 unspecified atom stereocenters. The van der Waals surface area contributed by atoms with Crippen molar-refractivity contribution >= 4 is 5.91 Å². The average Bonchev–Trinajstić information content (AvgIpc) is 3.13. The number of rotatable bonds is 5. The van der Waals surface area contributed by atoms with Crippen molar-refractivity contribution in [3.8, 4) is 0 Å². The van der Waals surface area contributed by atoms with E-state index in [-0.39, 0.29) is 11.9 Å². The minimum absolute atomic E-state index is 0.0692. The highest BCUT2D eigenvalue weighted by molar-refractivity contribution is 5.94. The van der Waals surface area contributed by atoms with Crippen molar-refractivity contribution < 1.29 is 9.53 Å². The Morgan fingerprint density at radius 1 is 1.30 bits per heavy atom. The molecule has 0 bridgehead atoms. The molecule has 0 spiro atoms. The number of amides is 1. The maximum Gasteiger partial charge on any atom is 0.272 e. The Bertz CT molecular complexity index is 795. The summed E-state index contributed by atoms with van der Waals surface area (Å²) in [6.45, 7) is 5.92. The summed E-state index contributed by atoms with van der Waals surface area (Å²) >= 11 is 0. The lowest BCUT2D eigenvalue weighted by atomic mass is 9.95. The summed E-state index contributed by atoms with van der Waals surface area (Å²) in [6.07, 6.45) is 4.24. The maximum atomic E-state index is 12.8. The molecular weight excluding hydrogens is 340 g/mol. The van der Waals surface area contributed by atoms with E-state index in [9.17, 15) is 4.79 Å². The van der Waals surface area contributed by atoms with E-state index in [2.05, 4.69) is 51.6 Å². The number of hydrogen-bond acceptors (Lipinski definition) is 4. The lowest BCUT2D eigenvalue weighted by Crippen LogP contribution is -2.44. The standard InChI is InChI=1S/C21H28N4O2/c1-15-5-4-6-16(13-15)19(25-9-11-27-12-10-25)14-22-21(26)20-17-7-2-3-8-18(17)23-24-20/h4-6,13,19H,2-3,7-12,14H2,1H3,(H,22,26)(H,23,24). The van der Waals surface area contributed by atoms with Gasteiger partial charge >= 0.3 is 0 Å². The summed E-state index contributed by atoms with van der Waals surface area (Å²) < 4.78 is 5.51. The van der Waals surface area contributed by atoms with E-state index in [1.807, 2.05) is 0 Å². The van der Waals surface area contributed by atoms with Crippen molar-refractivity contribution in [1.82, 2.24) is 20.4 Å². The first-order valence-corrected chi connectivity index (χ1v) is 9.95. The van der Waals surface area contributed by atoms with Crippen LogP contribution in [0.15, 0.2) is 24.3 Å². The van der Waals surface area contributed by atoms with Crippen LogP contribution in [0.1, 0.15) is 51.8 Å². The van der Waals surface area contributed by atoms with Crippen LogP contribution in [-0.4, -0.2) is 53.9 Å². The molecule has 1 aromatic heterocycles. The predicted molar refractivity (Wildman–Crippen MR) is 104 cm³/mol. The van der Waals surface area contributed by atoms with Crippen molar-refractivity contribution in [1.29, 1.82) is 0 Å². The number of fused-ring (bicyclic) bond motifs is 1. The number of nitrogens with one attached hydrogen (secondary N) is 2. The summed E-state index contributed by atoms with van der Waals surface area (Å²) in [4.78, 5) is 15.2. The fraction of sp³-hybridized carbons (Fsp3) is 0.524. The van der Waals surface area contributed by atoms with Crippen molar-refractivity contribution in [2.75, 3.05) is 32.8 Å². The largest absolute Gasteiger partial charge is 0.379 e. The lowest BCUT2D eigenvalue weighted by Gasteiger charge is -2.35. The van der Waals surface area contributed by atoms with Gasteiger partial charge in [-0.1, -0.05) is 29.8 Å². The first kappa shape index (κ1) is 18.2. The number of nitrogens with zero attached hydrogens (tertiary/aromatic N) is 2. The van der Waals surface area contributed by atoms with Gasteiger partial charge in [0.25, 0.3) is 5.91 Å². The molecule has 2 aliphatic rings. The Hall–Kier alpha value is -2.18. The normalized spacial score (nSPS) is 18.7. The van der Waals surface area contributed by atoms with Gasteiger partial charge < -0.3 is 10.1 Å². The molecule has 27 heavy (non-hydrogen) atoms. The predicted octanol–water partition coefficient (Wildman–Crippen LogP) is 2.40. The zero-order valence-corrected chi connectivity index (χ0v) is 16.0. The Balaban J connectivity index is 1.49. The van der Waals surface area contributed by atoms with Crippen LogP contribution in [0.25, 0.3) is 0 Å². The number of carbonyl (C=O) groups excluding carboxylic acids is 1. The van der Waals surface area contributed by atoms with Crippen molar-refractivity contribution in [2.45, 2.75) is 38.6 Å². The quantitative estimate of drug-likeness (QED) is 0.850. The van der Waals surface area contributed by atoms with E-state index in [1.165, 1.54) is 17.5 Å². The van der Waals surface area contributed by atoms with Gasteiger partial charge in [-0.25, -0.2) is 0 Å². The summed E-state index contributed by atoms with van der Waals surface area (Å²) in [5, 5.41) is 10.5. The number of aromatic amines is 1. The molecule has 1 fully saturated rings. The molecule has 2 aromatic rings. The number of aryl methyl sites for hydroxylation is 2. The van der Waals surface area contributed by atoms with E-state index in [4.69, 9.17) is 4.74 Å². The van der Waals surface area contributed by atoms with Gasteiger partial charge in [0.05, 0.1) is 19.3 Å². The minimum Gasteiger partial charge on any atom is -0.379 e. The number of morpholine rings is 1. The van der Waals surface area contributed by atoms with Crippen LogP contribution in [-0.2, 0) is 17.6 Å². The monoisotopic (exact) mass is 368 g/mol. The summed E-state index contributed by atoms with van der Waals surface area (Å²) in [7, 11) is 0. The molecule has 2 N–H and O–H groups in total. The molecule has 1 amide bonds. The van der Waals surface area contributed by atoms with Crippen LogP contribution in [0.5, 0.6) is 0 Å². The highest BCUT2D eigenvalue weighted by Gasteiger charge is 2.26. The first-order chi connectivity index (χ1) is 13.2. The molecule has 1 aliphatic heterocycles. The Morgan fingerprint density at radius 2 is 2.11 bits per heavy atom. The highest BCUT2D eigenvalue weighted by Crippen LogP contribution is 2.24. The van der Waals surface area contributed by atoms with Crippen LogP contribution in [0.2, 0.25) is 0 Å². The molecule has 0 saturated carbocycles. The number of H-pyrrole nitrogens is 1. The van der Waals surface area contributed by atoms with Gasteiger partial charge in [0.1, 0.15) is 0 Å². The van der Waals surface area contributed by atoms with Crippen molar-refractivity contribution in [3.05, 3.63) is 52.3 Å². The number of hydrogen-bond donors (Lipinski definition) is 2. The molecule has 1 saturated heterocycles. The zero-order chi connectivity index (χ0) is 18.6. The molecular formula is C21H28N4O2. The molecule has 0 radical (unpaired) electrons. The highest BCUT2D eigenvalue weighted by atomic mass is 16.5. The average molecular weight is 368 g/mol. The van der Waals surface area contributed by atoms with Crippen LogP contribution in [0, 0.1) is 6.92 Å². The topological polar surface area (TPSA) is 70.2 Å². The number of carbonyl (C=O) groups is 1. The van der Waals surface area contributed by atoms with Crippen molar-refractivity contribution in [3.63, 3.8) is 0 Å². The molecule has 6 nitrogen and oxygen atoms in total. The molecule has 1 aromatic carbocycles. The first-order valence-electron chi connectivity index (χ1n) is 9.95. The van der Waals surface area contributed by atoms with Crippen molar-refractivity contribution in [2.24, 2.45) is 0 Å². The molecule has 6 heteroatoms. The Morgan fingerprint density at radius 3 is 2.93 bits per heavy atom. The summed E-state index contributed by atoms with van der Waals surface area (Å²) in [6, 6.07) is 8.70. The lowest BCUT2D eigenvalue weighted by molar-refractivity contribution is 0.0162. The van der Waals surface area contributed by atoms with E-state index < -0.39 is 0 Å². The van der Waals surface area contributed by atoms with Gasteiger partial charge in [0.2, 0.25) is 0 Å². The van der Waals surface area contributed by atoms with Gasteiger partial charge in [-0.3, -0.25) is 14.8 Å². The fourth-order valence-electron chi connectivity index (χ4n) is 4.17. The third kappa shape index (κ3) is 4.06. The Kier molecular flexibility index (Phi) is 5.55. The maximum absolute atomic E-state index is 12.8. The number of ether oxygens (including phenoxy) is 1. The molecule has 144 valence electrons. The minimum atomic E-state index is -0.0692. The smallest absolute Gasteiger partial charge is 0.272 e. The van der Waals surface area contributed by atoms with Gasteiger partial charge in [0, 0.05) is 30.9 Å². The summed E-state index contributed by atoms with van der Waals surface area (Å²) in [5.74, 6) is -0.0692. The van der Waals surface area contributed by atoms with Gasteiger partial charge in [-0.15, -0.1) is 0 Å². The second-order valence-electron chi connectivity index (χ2n) is 7.52. The van der Waals surface area contributed by atoms with Crippen LogP contribution >= 0.6 is 0 Å². The zero-order valence-electron chi connectivity index (χ0n) is 16.0. The molecule has 1 aliphatic carbocycles. The SMILES string of the molecule is Cc1cccc(C(CNC(=O)c2n[nH]c3c2CCCC3)N2CCOCC2)c1.